The van der Waals surface area contributed by atoms with Gasteiger partial charge in [0.05, 0.1) is 0 Å². The first-order chi connectivity index (χ1) is 9.60. The van der Waals surface area contributed by atoms with E-state index in [1.54, 1.807) is 4.57 Å². The molecule has 1 aliphatic rings. The molecule has 20 heavy (non-hydrogen) atoms. The van der Waals surface area contributed by atoms with Gasteiger partial charge in [-0.15, -0.1) is 0 Å². The van der Waals surface area contributed by atoms with Crippen molar-refractivity contribution in [3.63, 3.8) is 0 Å². The second-order valence-corrected chi connectivity index (χ2v) is 5.92. The molecule has 0 amide bonds. The number of piperidine rings is 1. The molecule has 5 nitrogen and oxygen atoms in total. The Kier molecular flexibility index (Phi) is 5.17. The molecule has 1 aliphatic heterocycles. The van der Waals surface area contributed by atoms with Crippen LogP contribution in [0.1, 0.15) is 39.4 Å². The summed E-state index contributed by atoms with van der Waals surface area (Å²) in [5, 5.41) is 6.72. The molecule has 2 heterocycles. The van der Waals surface area contributed by atoms with Gasteiger partial charge >= 0.3 is 5.69 Å². The van der Waals surface area contributed by atoms with Crippen molar-refractivity contribution in [1.29, 1.82) is 0 Å². The van der Waals surface area contributed by atoms with Crippen LogP contribution in [0.3, 0.4) is 0 Å². The molecule has 0 aliphatic carbocycles. The highest BCUT2D eigenvalue weighted by Crippen LogP contribution is 2.20. The molecule has 2 rings (SSSR count). The van der Waals surface area contributed by atoms with Gasteiger partial charge in [-0.1, -0.05) is 11.6 Å². The van der Waals surface area contributed by atoms with E-state index < -0.39 is 0 Å². The number of nitrogens with zero attached hydrogens (tertiary/aromatic N) is 3. The molecule has 1 N–H and O–H groups in total. The number of likely N-dealkylation sites (tertiary alicyclic amines) is 1. The first-order valence-corrected chi connectivity index (χ1v) is 7.60. The minimum absolute atomic E-state index is 0.0801. The van der Waals surface area contributed by atoms with E-state index in [4.69, 9.17) is 0 Å². The van der Waals surface area contributed by atoms with Crippen molar-refractivity contribution in [1.82, 2.24) is 19.7 Å². The number of aromatic amines is 1. The molecule has 5 heteroatoms. The van der Waals surface area contributed by atoms with Crippen LogP contribution in [0.2, 0.25) is 0 Å². The first kappa shape index (κ1) is 15.0. The van der Waals surface area contributed by atoms with Crippen LogP contribution < -0.4 is 5.69 Å². The molecule has 0 bridgehead atoms. The van der Waals surface area contributed by atoms with E-state index in [0.717, 1.165) is 31.9 Å². The van der Waals surface area contributed by atoms with Crippen molar-refractivity contribution in [2.45, 2.75) is 46.6 Å². The quantitative estimate of drug-likeness (QED) is 0.836. The van der Waals surface area contributed by atoms with Gasteiger partial charge in [-0.25, -0.2) is 9.89 Å². The Balaban J connectivity index is 1.85. The second kappa shape index (κ2) is 6.88. The molecule has 1 saturated heterocycles. The molecule has 0 aromatic carbocycles. The summed E-state index contributed by atoms with van der Waals surface area (Å²) in [5.74, 6) is 1.57. The van der Waals surface area contributed by atoms with E-state index in [2.05, 4.69) is 35.0 Å². The SMILES string of the molecule is CCn1c(CC2CCN(CC=C(C)C)CC2)n[nH]c1=O. The molecule has 1 aromatic rings. The smallest absolute Gasteiger partial charge is 0.300 e. The van der Waals surface area contributed by atoms with Crippen LogP contribution >= 0.6 is 0 Å². The fourth-order valence-electron chi connectivity index (χ4n) is 2.78. The van der Waals surface area contributed by atoms with Crippen molar-refractivity contribution in [2.24, 2.45) is 5.92 Å². The average molecular weight is 278 g/mol. The number of hydrogen-bond acceptors (Lipinski definition) is 3. The predicted octanol–water partition coefficient (Wildman–Crippen LogP) is 1.81. The van der Waals surface area contributed by atoms with Crippen LogP contribution in [0.15, 0.2) is 16.4 Å². The van der Waals surface area contributed by atoms with Gasteiger partial charge in [0.1, 0.15) is 5.82 Å². The number of allylic oxidation sites excluding steroid dienone is 1. The Bertz CT molecular complexity index is 502. The maximum absolute atomic E-state index is 11.5. The van der Waals surface area contributed by atoms with Crippen LogP contribution in [-0.4, -0.2) is 39.3 Å². The highest BCUT2D eigenvalue weighted by Gasteiger charge is 2.21. The lowest BCUT2D eigenvalue weighted by atomic mass is 9.93. The van der Waals surface area contributed by atoms with E-state index in [1.165, 1.54) is 18.4 Å². The summed E-state index contributed by atoms with van der Waals surface area (Å²) in [6.45, 7) is 10.3. The number of hydrogen-bond donors (Lipinski definition) is 1. The Hall–Kier alpha value is -1.36. The van der Waals surface area contributed by atoms with E-state index in [9.17, 15) is 4.79 Å². The monoisotopic (exact) mass is 278 g/mol. The van der Waals surface area contributed by atoms with Gasteiger partial charge in [0.25, 0.3) is 0 Å². The first-order valence-electron chi connectivity index (χ1n) is 7.60. The normalized spacial score (nSPS) is 17.4. The Morgan fingerprint density at radius 3 is 2.70 bits per heavy atom. The van der Waals surface area contributed by atoms with Gasteiger partial charge in [0.2, 0.25) is 0 Å². The van der Waals surface area contributed by atoms with Crippen LogP contribution in [0.25, 0.3) is 0 Å². The summed E-state index contributed by atoms with van der Waals surface area (Å²) in [4.78, 5) is 14.0. The molecular formula is C15H26N4O. The maximum Gasteiger partial charge on any atom is 0.343 e. The number of nitrogens with one attached hydrogen (secondary N) is 1. The van der Waals surface area contributed by atoms with Crippen LogP contribution in [0, 0.1) is 5.92 Å². The van der Waals surface area contributed by atoms with E-state index in [-0.39, 0.29) is 5.69 Å². The van der Waals surface area contributed by atoms with Crippen LogP contribution in [0.5, 0.6) is 0 Å². The lowest BCUT2D eigenvalue weighted by Crippen LogP contribution is -2.35. The third kappa shape index (κ3) is 3.82. The third-order valence-corrected chi connectivity index (χ3v) is 4.09. The van der Waals surface area contributed by atoms with Crippen molar-refractivity contribution in [3.05, 3.63) is 28.0 Å². The van der Waals surface area contributed by atoms with E-state index in [1.807, 2.05) is 6.92 Å². The predicted molar refractivity (Wildman–Crippen MR) is 80.8 cm³/mol. The van der Waals surface area contributed by atoms with E-state index in [0.29, 0.717) is 12.5 Å². The largest absolute Gasteiger partial charge is 0.343 e. The third-order valence-electron chi connectivity index (χ3n) is 4.09. The maximum atomic E-state index is 11.5. The zero-order valence-electron chi connectivity index (χ0n) is 12.9. The number of H-pyrrole nitrogens is 1. The van der Waals surface area contributed by atoms with Gasteiger partial charge in [0.15, 0.2) is 0 Å². The number of rotatable bonds is 5. The fraction of sp³-hybridized carbons (Fsp3) is 0.733. The van der Waals surface area contributed by atoms with E-state index >= 15 is 0 Å². The molecule has 112 valence electrons. The second-order valence-electron chi connectivity index (χ2n) is 5.92. The topological polar surface area (TPSA) is 53.9 Å². The van der Waals surface area contributed by atoms with Crippen molar-refractivity contribution >= 4 is 0 Å². The molecule has 0 atom stereocenters. The lowest BCUT2D eigenvalue weighted by Gasteiger charge is -2.31. The van der Waals surface area contributed by atoms with Gasteiger partial charge in [0, 0.05) is 19.5 Å². The highest BCUT2D eigenvalue weighted by molar-refractivity contribution is 4.96. The summed E-state index contributed by atoms with van der Waals surface area (Å²) in [7, 11) is 0. The minimum atomic E-state index is -0.0801. The molecule has 0 saturated carbocycles. The highest BCUT2D eigenvalue weighted by atomic mass is 16.1. The molecule has 1 fully saturated rings. The Morgan fingerprint density at radius 2 is 2.10 bits per heavy atom. The Labute approximate surface area is 120 Å². The van der Waals surface area contributed by atoms with Gasteiger partial charge in [-0.2, -0.15) is 5.10 Å². The fourth-order valence-corrected chi connectivity index (χ4v) is 2.78. The number of aromatic nitrogens is 3. The summed E-state index contributed by atoms with van der Waals surface area (Å²) < 4.78 is 1.75. The van der Waals surface area contributed by atoms with Gasteiger partial charge in [-0.3, -0.25) is 9.47 Å². The standard InChI is InChI=1S/C15H26N4O/c1-4-19-14(16-17-15(19)20)11-13-6-9-18(10-7-13)8-5-12(2)3/h5,13H,4,6-11H2,1-3H3,(H,17,20). The van der Waals surface area contributed by atoms with Crippen LogP contribution in [0.4, 0.5) is 0 Å². The van der Waals surface area contributed by atoms with Crippen LogP contribution in [-0.2, 0) is 13.0 Å². The van der Waals surface area contributed by atoms with Gasteiger partial charge < -0.3 is 0 Å². The van der Waals surface area contributed by atoms with Gasteiger partial charge in [-0.05, 0) is 52.6 Å². The summed E-state index contributed by atoms with van der Waals surface area (Å²) in [6.07, 6.45) is 5.61. The van der Waals surface area contributed by atoms with Crippen molar-refractivity contribution < 1.29 is 0 Å². The Morgan fingerprint density at radius 1 is 1.40 bits per heavy atom. The molecular weight excluding hydrogens is 252 g/mol. The zero-order valence-corrected chi connectivity index (χ0v) is 12.9. The summed E-state index contributed by atoms with van der Waals surface area (Å²) in [6, 6.07) is 0. The molecule has 1 aromatic heterocycles. The molecule has 0 unspecified atom stereocenters. The lowest BCUT2D eigenvalue weighted by molar-refractivity contribution is 0.198. The molecule has 0 radical (unpaired) electrons. The minimum Gasteiger partial charge on any atom is -0.300 e. The average Bonchev–Trinajstić information content (AvgIpc) is 2.78. The zero-order chi connectivity index (χ0) is 14.5. The summed E-state index contributed by atoms with van der Waals surface area (Å²) >= 11 is 0. The molecule has 0 spiro atoms. The van der Waals surface area contributed by atoms with Crippen molar-refractivity contribution in [3.8, 4) is 0 Å². The summed E-state index contributed by atoms with van der Waals surface area (Å²) in [5.41, 5.74) is 1.30. The van der Waals surface area contributed by atoms with Crippen molar-refractivity contribution in [2.75, 3.05) is 19.6 Å².